The molecule has 8 nitrogen and oxygen atoms in total. The molecule has 0 aromatic carbocycles. The SMILES string of the molecule is CCc1cc(N2CCN(C(=O)c3cc(C(C)C)nc(N)n3)CC2)ncn1. The zero-order valence-corrected chi connectivity index (χ0v) is 15.5. The molecule has 0 atom stereocenters. The highest BCUT2D eigenvalue weighted by molar-refractivity contribution is 5.92. The Hall–Kier alpha value is -2.77. The van der Waals surface area contributed by atoms with Crippen LogP contribution in [0.5, 0.6) is 0 Å². The first-order chi connectivity index (χ1) is 12.5. The van der Waals surface area contributed by atoms with E-state index in [0.29, 0.717) is 18.8 Å². The Kier molecular flexibility index (Phi) is 5.29. The number of nitrogen functional groups attached to an aromatic ring is 1. The van der Waals surface area contributed by atoms with Crippen LogP contribution in [0.15, 0.2) is 18.5 Å². The van der Waals surface area contributed by atoms with Crippen molar-refractivity contribution in [2.45, 2.75) is 33.1 Å². The van der Waals surface area contributed by atoms with Gasteiger partial charge in [0.2, 0.25) is 5.95 Å². The number of hydrogen-bond acceptors (Lipinski definition) is 7. The minimum Gasteiger partial charge on any atom is -0.368 e. The average molecular weight is 355 g/mol. The molecular formula is C18H25N7O. The number of amides is 1. The Morgan fingerprint density at radius 3 is 2.54 bits per heavy atom. The van der Waals surface area contributed by atoms with E-state index in [2.05, 4.69) is 31.8 Å². The Bertz CT molecular complexity index is 785. The van der Waals surface area contributed by atoms with Crippen LogP contribution in [0.25, 0.3) is 0 Å². The van der Waals surface area contributed by atoms with E-state index in [1.807, 2.05) is 24.8 Å². The average Bonchev–Trinajstić information content (AvgIpc) is 2.67. The third-order valence-corrected chi connectivity index (χ3v) is 4.54. The minimum absolute atomic E-state index is 0.0995. The molecule has 0 radical (unpaired) electrons. The third kappa shape index (κ3) is 3.89. The van der Waals surface area contributed by atoms with Crippen molar-refractivity contribution in [1.82, 2.24) is 24.8 Å². The molecule has 0 bridgehead atoms. The number of piperazine rings is 1. The maximum Gasteiger partial charge on any atom is 0.272 e. The summed E-state index contributed by atoms with van der Waals surface area (Å²) in [5.41, 5.74) is 7.94. The summed E-state index contributed by atoms with van der Waals surface area (Å²) >= 11 is 0. The summed E-state index contributed by atoms with van der Waals surface area (Å²) in [6.45, 7) is 8.78. The van der Waals surface area contributed by atoms with Crippen LogP contribution < -0.4 is 10.6 Å². The van der Waals surface area contributed by atoms with Crippen molar-refractivity contribution < 1.29 is 4.79 Å². The number of rotatable bonds is 4. The van der Waals surface area contributed by atoms with Gasteiger partial charge in [-0.3, -0.25) is 4.79 Å². The number of aryl methyl sites for hydroxylation is 1. The second kappa shape index (κ2) is 7.63. The van der Waals surface area contributed by atoms with Crippen molar-refractivity contribution in [2.24, 2.45) is 0 Å². The first-order valence-electron chi connectivity index (χ1n) is 8.97. The molecule has 1 saturated heterocycles. The van der Waals surface area contributed by atoms with Crippen LogP contribution in [0.2, 0.25) is 0 Å². The van der Waals surface area contributed by atoms with Crippen LogP contribution in [0.1, 0.15) is 48.6 Å². The Labute approximate surface area is 153 Å². The van der Waals surface area contributed by atoms with Gasteiger partial charge in [0.1, 0.15) is 17.8 Å². The highest BCUT2D eigenvalue weighted by Crippen LogP contribution is 2.18. The molecule has 2 aromatic heterocycles. The van der Waals surface area contributed by atoms with E-state index in [1.54, 1.807) is 12.4 Å². The summed E-state index contributed by atoms with van der Waals surface area (Å²) in [5, 5.41) is 0. The van der Waals surface area contributed by atoms with Gasteiger partial charge in [-0.1, -0.05) is 20.8 Å². The van der Waals surface area contributed by atoms with E-state index < -0.39 is 0 Å². The molecule has 1 aliphatic heterocycles. The van der Waals surface area contributed by atoms with Crippen molar-refractivity contribution >= 4 is 17.7 Å². The number of anilines is 2. The molecule has 1 aliphatic rings. The standard InChI is InChI=1S/C18H25N7O/c1-4-13-9-16(21-11-20-13)24-5-7-25(8-6-24)17(26)15-10-14(12(2)3)22-18(19)23-15/h9-12H,4-8H2,1-3H3,(H2,19,22,23). The highest BCUT2D eigenvalue weighted by atomic mass is 16.2. The maximum atomic E-state index is 12.8. The topological polar surface area (TPSA) is 101 Å². The number of nitrogens with two attached hydrogens (primary N) is 1. The maximum absolute atomic E-state index is 12.8. The van der Waals surface area contributed by atoms with E-state index in [9.17, 15) is 4.79 Å². The van der Waals surface area contributed by atoms with E-state index in [4.69, 9.17) is 5.73 Å². The van der Waals surface area contributed by atoms with Crippen molar-refractivity contribution in [2.75, 3.05) is 36.8 Å². The molecule has 3 rings (SSSR count). The molecule has 26 heavy (non-hydrogen) atoms. The van der Waals surface area contributed by atoms with Crippen molar-refractivity contribution in [3.8, 4) is 0 Å². The third-order valence-electron chi connectivity index (χ3n) is 4.54. The fraction of sp³-hybridized carbons (Fsp3) is 0.500. The summed E-state index contributed by atoms with van der Waals surface area (Å²) in [5.74, 6) is 1.15. The lowest BCUT2D eigenvalue weighted by atomic mass is 10.1. The summed E-state index contributed by atoms with van der Waals surface area (Å²) in [6, 6.07) is 3.76. The molecule has 0 aliphatic carbocycles. The van der Waals surface area contributed by atoms with Gasteiger partial charge < -0.3 is 15.5 Å². The normalized spacial score (nSPS) is 14.8. The van der Waals surface area contributed by atoms with Crippen molar-refractivity contribution in [3.05, 3.63) is 35.5 Å². The lowest BCUT2D eigenvalue weighted by Crippen LogP contribution is -2.49. The smallest absolute Gasteiger partial charge is 0.272 e. The van der Waals surface area contributed by atoms with Gasteiger partial charge in [0.05, 0.1) is 0 Å². The monoisotopic (exact) mass is 355 g/mol. The van der Waals surface area contributed by atoms with Gasteiger partial charge in [0, 0.05) is 43.6 Å². The molecular weight excluding hydrogens is 330 g/mol. The van der Waals surface area contributed by atoms with Gasteiger partial charge >= 0.3 is 0 Å². The molecule has 1 amide bonds. The quantitative estimate of drug-likeness (QED) is 0.887. The largest absolute Gasteiger partial charge is 0.368 e. The number of aromatic nitrogens is 4. The predicted molar refractivity (Wildman–Crippen MR) is 100 cm³/mol. The number of hydrogen-bond donors (Lipinski definition) is 1. The zero-order chi connectivity index (χ0) is 18.7. The number of carbonyl (C=O) groups is 1. The summed E-state index contributed by atoms with van der Waals surface area (Å²) in [4.78, 5) is 33.7. The Morgan fingerprint density at radius 1 is 1.15 bits per heavy atom. The van der Waals surface area contributed by atoms with E-state index in [0.717, 1.165) is 36.7 Å². The zero-order valence-electron chi connectivity index (χ0n) is 15.5. The first-order valence-corrected chi connectivity index (χ1v) is 8.97. The number of nitrogens with zero attached hydrogens (tertiary/aromatic N) is 6. The van der Waals surface area contributed by atoms with Crippen LogP contribution in [-0.2, 0) is 6.42 Å². The molecule has 2 N–H and O–H groups in total. The lowest BCUT2D eigenvalue weighted by Gasteiger charge is -2.35. The van der Waals surface area contributed by atoms with Gasteiger partial charge in [-0.15, -0.1) is 0 Å². The van der Waals surface area contributed by atoms with E-state index >= 15 is 0 Å². The van der Waals surface area contributed by atoms with Crippen LogP contribution in [0.3, 0.4) is 0 Å². The van der Waals surface area contributed by atoms with Crippen LogP contribution >= 0.6 is 0 Å². The molecule has 8 heteroatoms. The van der Waals surface area contributed by atoms with Crippen LogP contribution in [0, 0.1) is 0 Å². The van der Waals surface area contributed by atoms with Crippen molar-refractivity contribution in [3.63, 3.8) is 0 Å². The Balaban J connectivity index is 1.69. The second-order valence-electron chi connectivity index (χ2n) is 6.69. The summed E-state index contributed by atoms with van der Waals surface area (Å²) in [7, 11) is 0. The Morgan fingerprint density at radius 2 is 1.88 bits per heavy atom. The van der Waals surface area contributed by atoms with Gasteiger partial charge in [-0.05, 0) is 18.4 Å². The molecule has 0 unspecified atom stereocenters. The molecule has 138 valence electrons. The van der Waals surface area contributed by atoms with Crippen molar-refractivity contribution in [1.29, 1.82) is 0 Å². The van der Waals surface area contributed by atoms with Gasteiger partial charge in [-0.2, -0.15) is 0 Å². The fourth-order valence-corrected chi connectivity index (χ4v) is 2.94. The van der Waals surface area contributed by atoms with Gasteiger partial charge in [0.25, 0.3) is 5.91 Å². The molecule has 3 heterocycles. The molecule has 1 fully saturated rings. The van der Waals surface area contributed by atoms with E-state index in [-0.39, 0.29) is 17.8 Å². The molecule has 2 aromatic rings. The number of carbonyl (C=O) groups excluding carboxylic acids is 1. The molecule has 0 saturated carbocycles. The second-order valence-corrected chi connectivity index (χ2v) is 6.69. The predicted octanol–water partition coefficient (Wildman–Crippen LogP) is 1.50. The fourth-order valence-electron chi connectivity index (χ4n) is 2.94. The van der Waals surface area contributed by atoms with Crippen LogP contribution in [0.4, 0.5) is 11.8 Å². The molecule has 0 spiro atoms. The van der Waals surface area contributed by atoms with Gasteiger partial charge in [-0.25, -0.2) is 19.9 Å². The minimum atomic E-state index is -0.0995. The summed E-state index contributed by atoms with van der Waals surface area (Å²) < 4.78 is 0. The van der Waals surface area contributed by atoms with Crippen LogP contribution in [-0.4, -0.2) is 56.9 Å². The van der Waals surface area contributed by atoms with E-state index in [1.165, 1.54) is 0 Å². The first kappa shape index (κ1) is 18.0. The highest BCUT2D eigenvalue weighted by Gasteiger charge is 2.24. The lowest BCUT2D eigenvalue weighted by molar-refractivity contribution is 0.0740. The van der Waals surface area contributed by atoms with Gasteiger partial charge in [0.15, 0.2) is 0 Å². The summed E-state index contributed by atoms with van der Waals surface area (Å²) in [6.07, 6.45) is 2.48.